The van der Waals surface area contributed by atoms with E-state index in [1.54, 1.807) is 5.01 Å². The summed E-state index contributed by atoms with van der Waals surface area (Å²) >= 11 is 0. The van der Waals surface area contributed by atoms with Crippen LogP contribution in [0.2, 0.25) is 0 Å². The van der Waals surface area contributed by atoms with Crippen LogP contribution in [0.4, 0.5) is 0 Å². The summed E-state index contributed by atoms with van der Waals surface area (Å²) in [6, 6.07) is 19.3. The number of carboxylic acid groups (broad SMARTS) is 2. The Morgan fingerprint density at radius 3 is 2.06 bits per heavy atom. The molecule has 0 bridgehead atoms. The summed E-state index contributed by atoms with van der Waals surface area (Å²) in [5, 5.41) is 22.7. The summed E-state index contributed by atoms with van der Waals surface area (Å²) in [5.41, 5.74) is 3.15. The van der Waals surface area contributed by atoms with Gasteiger partial charge in [-0.2, -0.15) is 0 Å². The fourth-order valence-electron chi connectivity index (χ4n) is 3.71. The van der Waals surface area contributed by atoms with E-state index in [9.17, 15) is 19.8 Å². The molecule has 0 saturated heterocycles. The Labute approximate surface area is 182 Å². The van der Waals surface area contributed by atoms with Gasteiger partial charge in [0.15, 0.2) is 5.70 Å². The minimum absolute atomic E-state index is 0.290. The van der Waals surface area contributed by atoms with Crippen LogP contribution in [0.15, 0.2) is 72.4 Å². The van der Waals surface area contributed by atoms with E-state index < -0.39 is 11.9 Å². The molecule has 0 fully saturated rings. The fraction of sp³-hybridized carbons (Fsp3) is 0.250. The van der Waals surface area contributed by atoms with E-state index in [2.05, 4.69) is 4.90 Å². The zero-order valence-electron chi connectivity index (χ0n) is 17.7. The summed E-state index contributed by atoms with van der Waals surface area (Å²) < 4.78 is 0. The molecule has 0 unspecified atom stereocenters. The van der Waals surface area contributed by atoms with Crippen LogP contribution in [0.1, 0.15) is 17.5 Å². The van der Waals surface area contributed by atoms with Crippen molar-refractivity contribution in [2.75, 3.05) is 33.7 Å². The summed E-state index contributed by atoms with van der Waals surface area (Å²) in [5.74, 6) is -2.59. The van der Waals surface area contributed by atoms with Crippen molar-refractivity contribution < 1.29 is 19.8 Å². The smallest absolute Gasteiger partial charge is 0.354 e. The molecule has 3 rings (SSSR count). The van der Waals surface area contributed by atoms with Crippen LogP contribution in [0.5, 0.6) is 0 Å². The first-order valence-corrected chi connectivity index (χ1v) is 10.1. The highest BCUT2D eigenvalue weighted by molar-refractivity contribution is 6.00. The molecule has 2 N–H and O–H groups in total. The number of carboxylic acids is 2. The lowest BCUT2D eigenvalue weighted by Gasteiger charge is -2.32. The molecule has 162 valence electrons. The van der Waals surface area contributed by atoms with E-state index in [0.717, 1.165) is 35.7 Å². The van der Waals surface area contributed by atoms with Crippen molar-refractivity contribution in [3.63, 3.8) is 0 Å². The first kappa shape index (κ1) is 22.3. The van der Waals surface area contributed by atoms with Gasteiger partial charge in [0.25, 0.3) is 0 Å². The van der Waals surface area contributed by atoms with Gasteiger partial charge in [0.2, 0.25) is 0 Å². The second-order valence-corrected chi connectivity index (χ2v) is 7.59. The van der Waals surface area contributed by atoms with Gasteiger partial charge in [-0.25, -0.2) is 14.6 Å². The van der Waals surface area contributed by atoms with Crippen LogP contribution < -0.4 is 0 Å². The summed E-state index contributed by atoms with van der Waals surface area (Å²) in [6.07, 6.45) is 1.56. The maximum Gasteiger partial charge on any atom is 0.354 e. The first-order valence-electron chi connectivity index (χ1n) is 10.1. The average molecular weight is 421 g/mol. The lowest BCUT2D eigenvalue weighted by Crippen LogP contribution is -2.40. The minimum atomic E-state index is -1.30. The normalized spacial score (nSPS) is 15.1. The van der Waals surface area contributed by atoms with Crippen molar-refractivity contribution in [3.8, 4) is 0 Å². The number of nitrogens with zero attached hydrogens (tertiary/aromatic N) is 3. The minimum Gasteiger partial charge on any atom is -0.478 e. The molecule has 0 saturated carbocycles. The van der Waals surface area contributed by atoms with E-state index in [0.29, 0.717) is 18.8 Å². The largest absolute Gasteiger partial charge is 0.478 e. The highest BCUT2D eigenvalue weighted by Crippen LogP contribution is 2.39. The molecule has 1 aliphatic heterocycles. The molecule has 7 nitrogen and oxygen atoms in total. The third-order valence-electron chi connectivity index (χ3n) is 5.02. The van der Waals surface area contributed by atoms with Gasteiger partial charge in [0.05, 0.1) is 11.8 Å². The number of hydrogen-bond acceptors (Lipinski definition) is 5. The number of hydrazine groups is 1. The standard InChI is InChI=1S/C24H27N3O4/c1-25(2)14-9-15-26-17-20(18-10-5-3-6-11-18)23(19-12-7-4-8-13-19)27(26)21(24(30)31)16-22(28)29/h3-8,10-13,16H,9,14-15,17H2,1-2H3,(H,28,29)(H,30,31). The summed E-state index contributed by atoms with van der Waals surface area (Å²) in [7, 11) is 3.97. The lowest BCUT2D eigenvalue weighted by molar-refractivity contribution is -0.137. The highest BCUT2D eigenvalue weighted by atomic mass is 16.4. The monoisotopic (exact) mass is 421 g/mol. The van der Waals surface area contributed by atoms with E-state index in [1.165, 1.54) is 0 Å². The van der Waals surface area contributed by atoms with Crippen molar-refractivity contribution in [3.05, 3.63) is 83.6 Å². The van der Waals surface area contributed by atoms with E-state index in [1.807, 2.05) is 79.8 Å². The molecule has 0 spiro atoms. The second kappa shape index (κ2) is 10.1. The van der Waals surface area contributed by atoms with Gasteiger partial charge in [-0.05, 0) is 38.2 Å². The number of aliphatic carboxylic acids is 2. The summed E-state index contributed by atoms with van der Waals surface area (Å²) in [4.78, 5) is 25.7. The van der Waals surface area contributed by atoms with Crippen molar-refractivity contribution in [2.24, 2.45) is 0 Å². The Hall–Kier alpha value is -3.42. The van der Waals surface area contributed by atoms with Crippen LogP contribution in [0.3, 0.4) is 0 Å². The number of hydrogen-bond donors (Lipinski definition) is 2. The topological polar surface area (TPSA) is 84.3 Å². The molecular formula is C24H27N3O4. The van der Waals surface area contributed by atoms with Crippen molar-refractivity contribution >= 4 is 23.2 Å². The Balaban J connectivity index is 2.17. The predicted molar refractivity (Wildman–Crippen MR) is 120 cm³/mol. The van der Waals surface area contributed by atoms with Crippen LogP contribution in [-0.4, -0.2) is 70.8 Å². The molecule has 7 heteroatoms. The quantitative estimate of drug-likeness (QED) is 0.602. The third kappa shape index (κ3) is 5.39. The predicted octanol–water partition coefficient (Wildman–Crippen LogP) is 3.09. The van der Waals surface area contributed by atoms with Gasteiger partial charge in [-0.3, -0.25) is 5.01 Å². The van der Waals surface area contributed by atoms with Crippen molar-refractivity contribution in [1.29, 1.82) is 0 Å². The Bertz CT molecular complexity index is 984. The van der Waals surface area contributed by atoms with Gasteiger partial charge in [-0.1, -0.05) is 60.7 Å². The third-order valence-corrected chi connectivity index (χ3v) is 5.02. The molecule has 1 aliphatic rings. The van der Waals surface area contributed by atoms with E-state index in [-0.39, 0.29) is 5.70 Å². The van der Waals surface area contributed by atoms with E-state index in [4.69, 9.17) is 0 Å². The van der Waals surface area contributed by atoms with E-state index >= 15 is 0 Å². The van der Waals surface area contributed by atoms with Crippen molar-refractivity contribution in [1.82, 2.24) is 14.9 Å². The summed E-state index contributed by atoms with van der Waals surface area (Å²) in [6.45, 7) is 1.89. The molecule has 0 amide bonds. The Morgan fingerprint density at radius 1 is 0.968 bits per heavy atom. The van der Waals surface area contributed by atoms with Gasteiger partial charge in [-0.15, -0.1) is 0 Å². The van der Waals surface area contributed by atoms with Gasteiger partial charge >= 0.3 is 11.9 Å². The number of carbonyl (C=O) groups is 2. The average Bonchev–Trinajstić information content (AvgIpc) is 3.11. The second-order valence-electron chi connectivity index (χ2n) is 7.59. The molecule has 0 atom stereocenters. The van der Waals surface area contributed by atoms with Gasteiger partial charge < -0.3 is 15.1 Å². The van der Waals surface area contributed by atoms with Crippen molar-refractivity contribution in [2.45, 2.75) is 6.42 Å². The first-order chi connectivity index (χ1) is 14.9. The lowest BCUT2D eigenvalue weighted by atomic mass is 10.00. The molecule has 31 heavy (non-hydrogen) atoms. The molecular weight excluding hydrogens is 394 g/mol. The molecule has 1 heterocycles. The zero-order chi connectivity index (χ0) is 22.4. The maximum absolute atomic E-state index is 12.1. The molecule has 2 aromatic carbocycles. The number of rotatable bonds is 9. The Morgan fingerprint density at radius 2 is 1.55 bits per heavy atom. The molecule has 0 aliphatic carbocycles. The highest BCUT2D eigenvalue weighted by Gasteiger charge is 2.36. The van der Waals surface area contributed by atoms with Crippen LogP contribution in [0.25, 0.3) is 11.3 Å². The SMILES string of the molecule is CN(C)CCCN1CC(c2ccccc2)=C(c2ccccc2)N1C(=CC(=O)O)C(=O)O. The van der Waals surface area contributed by atoms with Gasteiger partial charge in [0, 0.05) is 18.7 Å². The van der Waals surface area contributed by atoms with Crippen LogP contribution in [0, 0.1) is 0 Å². The van der Waals surface area contributed by atoms with Crippen LogP contribution in [-0.2, 0) is 9.59 Å². The molecule has 2 aromatic rings. The maximum atomic E-state index is 12.1. The zero-order valence-corrected chi connectivity index (χ0v) is 17.7. The number of benzene rings is 2. The fourth-order valence-corrected chi connectivity index (χ4v) is 3.71. The molecule has 0 aromatic heterocycles. The Kier molecular flexibility index (Phi) is 7.23. The molecule has 0 radical (unpaired) electrons. The van der Waals surface area contributed by atoms with Gasteiger partial charge in [0.1, 0.15) is 0 Å². The van der Waals surface area contributed by atoms with Crippen LogP contribution >= 0.6 is 0 Å².